The van der Waals surface area contributed by atoms with Gasteiger partial charge in [0.1, 0.15) is 0 Å². The van der Waals surface area contributed by atoms with Gasteiger partial charge in [0.2, 0.25) is 0 Å². The third-order valence-electron chi connectivity index (χ3n) is 4.17. The second-order valence-corrected chi connectivity index (χ2v) is 5.77. The van der Waals surface area contributed by atoms with Crippen molar-refractivity contribution in [2.24, 2.45) is 11.7 Å². The lowest BCUT2D eigenvalue weighted by atomic mass is 9.83. The van der Waals surface area contributed by atoms with E-state index in [4.69, 9.17) is 17.3 Å². The molecule has 0 aromatic heterocycles. The van der Waals surface area contributed by atoms with Crippen molar-refractivity contribution in [1.29, 1.82) is 0 Å². The van der Waals surface area contributed by atoms with Crippen LogP contribution < -0.4 is 5.73 Å². The van der Waals surface area contributed by atoms with Gasteiger partial charge in [0.25, 0.3) is 5.91 Å². The first-order chi connectivity index (χ1) is 9.56. The molecule has 0 heterocycles. The molecule has 1 aliphatic carbocycles. The predicted octanol–water partition coefficient (Wildman–Crippen LogP) is 3.07. The lowest BCUT2D eigenvalue weighted by Crippen LogP contribution is -2.46. The average molecular weight is 299 g/mol. The van der Waals surface area contributed by atoms with Gasteiger partial charge in [-0.3, -0.25) is 4.79 Å². The van der Waals surface area contributed by atoms with E-state index < -0.39 is 5.82 Å². The molecule has 2 rings (SSSR count). The van der Waals surface area contributed by atoms with Crippen molar-refractivity contribution < 1.29 is 9.18 Å². The molecular weight excluding hydrogens is 279 g/mol. The van der Waals surface area contributed by atoms with Crippen molar-refractivity contribution in [2.75, 3.05) is 13.6 Å². The van der Waals surface area contributed by atoms with Gasteiger partial charge >= 0.3 is 0 Å². The van der Waals surface area contributed by atoms with Gasteiger partial charge in [-0.15, -0.1) is 0 Å². The van der Waals surface area contributed by atoms with E-state index in [1.807, 2.05) is 0 Å². The van der Waals surface area contributed by atoms with E-state index in [0.29, 0.717) is 12.5 Å². The van der Waals surface area contributed by atoms with Crippen molar-refractivity contribution in [1.82, 2.24) is 4.90 Å². The van der Waals surface area contributed by atoms with Crippen LogP contribution in [-0.4, -0.2) is 30.4 Å². The Morgan fingerprint density at radius 3 is 2.85 bits per heavy atom. The Morgan fingerprint density at radius 2 is 2.15 bits per heavy atom. The Hall–Kier alpha value is -1.13. The first-order valence-corrected chi connectivity index (χ1v) is 7.35. The smallest absolute Gasteiger partial charge is 0.256 e. The summed E-state index contributed by atoms with van der Waals surface area (Å²) < 4.78 is 14.0. The third-order valence-corrected chi connectivity index (χ3v) is 4.46. The summed E-state index contributed by atoms with van der Waals surface area (Å²) >= 11 is 5.74. The molecule has 0 radical (unpaired) electrons. The molecule has 2 N–H and O–H groups in total. The minimum absolute atomic E-state index is 0.0248. The van der Waals surface area contributed by atoms with Crippen LogP contribution in [0.5, 0.6) is 0 Å². The second-order valence-electron chi connectivity index (χ2n) is 5.37. The van der Waals surface area contributed by atoms with E-state index in [0.717, 1.165) is 25.7 Å². The number of nitrogens with zero attached hydrogens (tertiary/aromatic N) is 1. The molecule has 1 saturated carbocycles. The number of halogens is 2. The van der Waals surface area contributed by atoms with E-state index in [2.05, 4.69) is 0 Å². The van der Waals surface area contributed by atoms with Gasteiger partial charge in [0.05, 0.1) is 10.6 Å². The van der Waals surface area contributed by atoms with Crippen LogP contribution in [0.25, 0.3) is 0 Å². The van der Waals surface area contributed by atoms with Gasteiger partial charge < -0.3 is 10.6 Å². The molecule has 110 valence electrons. The van der Waals surface area contributed by atoms with Gasteiger partial charge in [-0.25, -0.2) is 4.39 Å². The van der Waals surface area contributed by atoms with E-state index in [9.17, 15) is 9.18 Å². The molecule has 0 aliphatic heterocycles. The zero-order valence-corrected chi connectivity index (χ0v) is 12.4. The van der Waals surface area contributed by atoms with Gasteiger partial charge in [0.15, 0.2) is 5.82 Å². The molecular formula is C15H20ClFN2O. The summed E-state index contributed by atoms with van der Waals surface area (Å²) in [5.74, 6) is -0.679. The summed E-state index contributed by atoms with van der Waals surface area (Å²) in [6, 6.07) is 4.59. The van der Waals surface area contributed by atoms with Crippen LogP contribution in [0.4, 0.5) is 4.39 Å². The van der Waals surface area contributed by atoms with Crippen molar-refractivity contribution in [2.45, 2.75) is 31.7 Å². The highest BCUT2D eigenvalue weighted by Crippen LogP contribution is 2.29. The highest BCUT2D eigenvalue weighted by Gasteiger charge is 2.31. The topological polar surface area (TPSA) is 46.3 Å². The predicted molar refractivity (Wildman–Crippen MR) is 78.3 cm³/mol. The normalized spacial score (nSPS) is 22.6. The largest absolute Gasteiger partial charge is 0.338 e. The number of benzene rings is 1. The number of nitrogens with two attached hydrogens (primary N) is 1. The summed E-state index contributed by atoms with van der Waals surface area (Å²) in [7, 11) is 1.72. The fraction of sp³-hybridized carbons (Fsp3) is 0.533. The van der Waals surface area contributed by atoms with Crippen LogP contribution in [0.2, 0.25) is 5.02 Å². The lowest BCUT2D eigenvalue weighted by molar-refractivity contribution is 0.0616. The lowest BCUT2D eigenvalue weighted by Gasteiger charge is -2.37. The monoisotopic (exact) mass is 298 g/mol. The summed E-state index contributed by atoms with van der Waals surface area (Å²) in [5, 5.41) is -0.0248. The van der Waals surface area contributed by atoms with Crippen LogP contribution in [-0.2, 0) is 0 Å². The third kappa shape index (κ3) is 2.96. The molecule has 1 amide bonds. The summed E-state index contributed by atoms with van der Waals surface area (Å²) in [5.41, 5.74) is 5.82. The number of hydrogen-bond acceptors (Lipinski definition) is 2. The average Bonchev–Trinajstić information content (AvgIpc) is 2.48. The van der Waals surface area contributed by atoms with Crippen LogP contribution >= 0.6 is 11.6 Å². The minimum atomic E-state index is -0.647. The molecule has 1 aromatic rings. The SMILES string of the molecule is CN(C(=O)c1cccc(Cl)c1F)C1CCCCC1CN. The van der Waals surface area contributed by atoms with E-state index in [1.54, 1.807) is 18.0 Å². The standard InChI is InChI=1S/C15H20ClFN2O/c1-19(13-8-3-2-5-10(13)9-18)15(20)11-6-4-7-12(16)14(11)17/h4,6-7,10,13H,2-3,5,8-9,18H2,1H3. The Balaban J connectivity index is 2.21. The molecule has 3 nitrogen and oxygen atoms in total. The molecule has 1 aliphatic rings. The maximum absolute atomic E-state index is 14.0. The number of hydrogen-bond donors (Lipinski definition) is 1. The Labute approximate surface area is 123 Å². The van der Waals surface area contributed by atoms with E-state index in [1.165, 1.54) is 12.1 Å². The van der Waals surface area contributed by atoms with Crippen LogP contribution in [0.3, 0.4) is 0 Å². The zero-order chi connectivity index (χ0) is 14.7. The summed E-state index contributed by atoms with van der Waals surface area (Å²) in [6.07, 6.45) is 4.17. The van der Waals surface area contributed by atoms with Crippen LogP contribution in [0.1, 0.15) is 36.0 Å². The van der Waals surface area contributed by atoms with E-state index >= 15 is 0 Å². The Morgan fingerprint density at radius 1 is 1.45 bits per heavy atom. The summed E-state index contributed by atoms with van der Waals surface area (Å²) in [6.45, 7) is 0.556. The maximum Gasteiger partial charge on any atom is 0.256 e. The van der Waals surface area contributed by atoms with Crippen LogP contribution in [0.15, 0.2) is 18.2 Å². The van der Waals surface area contributed by atoms with Gasteiger partial charge in [-0.2, -0.15) is 0 Å². The molecule has 2 atom stereocenters. The Kier molecular flexibility index (Phi) is 5.00. The quantitative estimate of drug-likeness (QED) is 0.932. The first kappa shape index (κ1) is 15.3. The second kappa shape index (κ2) is 6.55. The fourth-order valence-corrected chi connectivity index (χ4v) is 3.16. The molecule has 0 bridgehead atoms. The number of carbonyl (C=O) groups excluding carboxylic acids is 1. The molecule has 20 heavy (non-hydrogen) atoms. The molecule has 2 unspecified atom stereocenters. The van der Waals surface area contributed by atoms with Crippen molar-refractivity contribution in [3.63, 3.8) is 0 Å². The molecule has 5 heteroatoms. The number of amides is 1. The highest BCUT2D eigenvalue weighted by atomic mass is 35.5. The number of rotatable bonds is 3. The summed E-state index contributed by atoms with van der Waals surface area (Å²) in [4.78, 5) is 14.1. The number of carbonyl (C=O) groups is 1. The molecule has 1 aromatic carbocycles. The van der Waals surface area contributed by atoms with E-state index in [-0.39, 0.29) is 22.5 Å². The van der Waals surface area contributed by atoms with Crippen LogP contribution in [0, 0.1) is 11.7 Å². The fourth-order valence-electron chi connectivity index (χ4n) is 2.98. The van der Waals surface area contributed by atoms with Crippen molar-refractivity contribution >= 4 is 17.5 Å². The van der Waals surface area contributed by atoms with Gasteiger partial charge in [0, 0.05) is 13.1 Å². The minimum Gasteiger partial charge on any atom is -0.338 e. The first-order valence-electron chi connectivity index (χ1n) is 6.97. The van der Waals surface area contributed by atoms with Gasteiger partial charge in [-0.1, -0.05) is 30.5 Å². The highest BCUT2D eigenvalue weighted by molar-refractivity contribution is 6.31. The van der Waals surface area contributed by atoms with Crippen molar-refractivity contribution in [3.05, 3.63) is 34.6 Å². The maximum atomic E-state index is 14.0. The molecule has 0 spiro atoms. The Bertz CT molecular complexity index is 495. The van der Waals surface area contributed by atoms with Gasteiger partial charge in [-0.05, 0) is 37.4 Å². The van der Waals surface area contributed by atoms with Crippen molar-refractivity contribution in [3.8, 4) is 0 Å². The molecule has 1 fully saturated rings. The zero-order valence-electron chi connectivity index (χ0n) is 11.6. The molecule has 0 saturated heterocycles.